The van der Waals surface area contributed by atoms with Gasteiger partial charge in [-0.05, 0) is 37.1 Å². The molecular formula is C25H32N4O2. The molecular weight excluding hydrogens is 388 g/mol. The summed E-state index contributed by atoms with van der Waals surface area (Å²) in [6.07, 6.45) is 3.08. The highest BCUT2D eigenvalue weighted by atomic mass is 16.5. The highest BCUT2D eigenvalue weighted by molar-refractivity contribution is 5.94. The number of nitrogens with zero attached hydrogens (tertiary/aromatic N) is 3. The highest BCUT2D eigenvalue weighted by Gasteiger charge is 2.64. The quantitative estimate of drug-likeness (QED) is 0.757. The van der Waals surface area contributed by atoms with Gasteiger partial charge in [-0.25, -0.2) is 9.97 Å². The lowest BCUT2D eigenvalue weighted by Gasteiger charge is -2.63. The zero-order chi connectivity index (χ0) is 23.1. The minimum atomic E-state index is -0.284. The lowest BCUT2D eigenvalue weighted by Crippen LogP contribution is -2.74. The maximum Gasteiger partial charge on any atom is 0.254 e. The Hall–Kier alpha value is -2.94. The second-order valence-electron chi connectivity index (χ2n) is 10.1. The fourth-order valence-electron chi connectivity index (χ4n) is 5.07. The predicted octanol–water partition coefficient (Wildman–Crippen LogP) is 4.70. The molecule has 164 valence electrons. The van der Waals surface area contributed by atoms with E-state index in [9.17, 15) is 10.1 Å². The number of amides is 1. The first-order chi connectivity index (χ1) is 14.4. The number of aryl methyl sites for hydroxylation is 2. The first-order valence-corrected chi connectivity index (χ1v) is 10.7. The van der Waals surface area contributed by atoms with E-state index >= 15 is 0 Å². The summed E-state index contributed by atoms with van der Waals surface area (Å²) < 4.78 is 6.42. The van der Waals surface area contributed by atoms with Crippen LogP contribution in [0.3, 0.4) is 0 Å². The average Bonchev–Trinajstić information content (AvgIpc) is 2.69. The molecule has 0 spiro atoms. The molecule has 1 amide bonds. The third-order valence-electron chi connectivity index (χ3n) is 6.44. The summed E-state index contributed by atoms with van der Waals surface area (Å²) in [5.74, 6) is 1.52. The SMILES string of the molecule is Cc1cc(OC2C(C)(C)C(NC(=O)c3cnc(C(C)C)nc3)C2(C)C)cc(C)c1C#N. The van der Waals surface area contributed by atoms with Crippen molar-refractivity contribution in [3.05, 3.63) is 52.6 Å². The van der Waals surface area contributed by atoms with E-state index in [-0.39, 0.29) is 34.8 Å². The molecule has 0 aliphatic heterocycles. The summed E-state index contributed by atoms with van der Waals surface area (Å²) in [5, 5.41) is 12.5. The number of ether oxygens (including phenoxy) is 1. The Balaban J connectivity index is 1.77. The van der Waals surface area contributed by atoms with Crippen LogP contribution in [0, 0.1) is 36.0 Å². The van der Waals surface area contributed by atoms with Gasteiger partial charge in [0.15, 0.2) is 0 Å². The Labute approximate surface area is 185 Å². The van der Waals surface area contributed by atoms with Gasteiger partial charge in [0.2, 0.25) is 0 Å². The Bertz CT molecular complexity index is 993. The number of benzene rings is 1. The molecule has 1 aliphatic rings. The zero-order valence-electron chi connectivity index (χ0n) is 19.7. The molecule has 1 aliphatic carbocycles. The van der Waals surface area contributed by atoms with E-state index in [1.807, 2.05) is 39.8 Å². The van der Waals surface area contributed by atoms with Gasteiger partial charge in [-0.3, -0.25) is 4.79 Å². The fourth-order valence-corrected chi connectivity index (χ4v) is 5.07. The molecule has 0 bridgehead atoms. The lowest BCUT2D eigenvalue weighted by atomic mass is 9.49. The fraction of sp³-hybridized carbons (Fsp3) is 0.520. The standard InChI is InChI=1S/C25H32N4O2/c1-14(2)20-27-12-17(13-28-20)21(30)29-22-24(5,6)23(25(22,7)8)31-18-9-15(3)19(11-26)16(4)10-18/h9-10,12-14,22-23H,1-8H3,(H,29,30). The van der Waals surface area contributed by atoms with Crippen LogP contribution in [-0.2, 0) is 0 Å². The maximum absolute atomic E-state index is 12.9. The molecule has 1 saturated carbocycles. The summed E-state index contributed by atoms with van der Waals surface area (Å²) in [6.45, 7) is 16.3. The normalized spacial score (nSPS) is 21.2. The van der Waals surface area contributed by atoms with Crippen LogP contribution in [0.2, 0.25) is 0 Å². The number of rotatable bonds is 5. The van der Waals surface area contributed by atoms with Crippen molar-refractivity contribution >= 4 is 5.91 Å². The largest absolute Gasteiger partial charge is 0.489 e. The van der Waals surface area contributed by atoms with Gasteiger partial charge in [0.25, 0.3) is 5.91 Å². The number of carbonyl (C=O) groups excluding carboxylic acids is 1. The van der Waals surface area contributed by atoms with Crippen LogP contribution < -0.4 is 10.1 Å². The van der Waals surface area contributed by atoms with E-state index < -0.39 is 0 Å². The molecule has 0 saturated heterocycles. The first kappa shape index (κ1) is 22.7. The summed E-state index contributed by atoms with van der Waals surface area (Å²) in [6, 6.07) is 5.99. The Morgan fingerprint density at radius 1 is 1.10 bits per heavy atom. The predicted molar refractivity (Wildman–Crippen MR) is 120 cm³/mol. The van der Waals surface area contributed by atoms with Crippen molar-refractivity contribution in [1.82, 2.24) is 15.3 Å². The van der Waals surface area contributed by atoms with Crippen LogP contribution >= 0.6 is 0 Å². The van der Waals surface area contributed by atoms with Gasteiger partial charge in [-0.1, -0.05) is 41.5 Å². The molecule has 1 heterocycles. The third kappa shape index (κ3) is 4.01. The minimum absolute atomic E-state index is 0.0807. The number of nitriles is 1. The second kappa shape index (κ2) is 7.96. The lowest BCUT2D eigenvalue weighted by molar-refractivity contribution is -0.164. The van der Waals surface area contributed by atoms with Gasteiger partial charge < -0.3 is 10.1 Å². The summed E-state index contributed by atoms with van der Waals surface area (Å²) in [5.41, 5.74) is 2.39. The molecule has 6 heteroatoms. The zero-order valence-corrected chi connectivity index (χ0v) is 19.7. The van der Waals surface area contributed by atoms with Crippen LogP contribution in [0.25, 0.3) is 0 Å². The van der Waals surface area contributed by atoms with Crippen LogP contribution in [-0.4, -0.2) is 28.0 Å². The van der Waals surface area contributed by atoms with E-state index in [2.05, 4.69) is 49.0 Å². The van der Waals surface area contributed by atoms with E-state index in [4.69, 9.17) is 4.74 Å². The number of hydrogen-bond donors (Lipinski definition) is 1. The summed E-state index contributed by atoms with van der Waals surface area (Å²) >= 11 is 0. The van der Waals surface area contributed by atoms with E-state index in [0.717, 1.165) is 22.7 Å². The number of carbonyl (C=O) groups is 1. The second-order valence-corrected chi connectivity index (χ2v) is 10.1. The van der Waals surface area contributed by atoms with Gasteiger partial charge >= 0.3 is 0 Å². The van der Waals surface area contributed by atoms with Crippen molar-refractivity contribution in [1.29, 1.82) is 5.26 Å². The summed E-state index contributed by atoms with van der Waals surface area (Å²) in [4.78, 5) is 21.5. The van der Waals surface area contributed by atoms with Crippen LogP contribution in [0.5, 0.6) is 5.75 Å². The molecule has 0 unspecified atom stereocenters. The van der Waals surface area contributed by atoms with E-state index in [0.29, 0.717) is 11.1 Å². The topological polar surface area (TPSA) is 87.9 Å². The Morgan fingerprint density at radius 3 is 2.06 bits per heavy atom. The molecule has 1 fully saturated rings. The maximum atomic E-state index is 12.9. The Kier molecular flexibility index (Phi) is 5.84. The minimum Gasteiger partial charge on any atom is -0.489 e. The monoisotopic (exact) mass is 420 g/mol. The van der Waals surface area contributed by atoms with E-state index in [1.54, 1.807) is 12.4 Å². The summed E-state index contributed by atoms with van der Waals surface area (Å²) in [7, 11) is 0. The smallest absolute Gasteiger partial charge is 0.254 e. The molecule has 0 radical (unpaired) electrons. The van der Waals surface area contributed by atoms with Crippen molar-refractivity contribution in [2.45, 2.75) is 73.5 Å². The van der Waals surface area contributed by atoms with Crippen molar-refractivity contribution in [2.75, 3.05) is 0 Å². The molecule has 31 heavy (non-hydrogen) atoms. The van der Waals surface area contributed by atoms with Gasteiger partial charge in [0, 0.05) is 35.2 Å². The van der Waals surface area contributed by atoms with E-state index in [1.165, 1.54) is 0 Å². The molecule has 1 N–H and O–H groups in total. The number of aromatic nitrogens is 2. The van der Waals surface area contributed by atoms with Gasteiger partial charge in [-0.2, -0.15) is 5.26 Å². The Morgan fingerprint density at radius 2 is 1.61 bits per heavy atom. The first-order valence-electron chi connectivity index (χ1n) is 10.7. The molecule has 0 atom stereocenters. The van der Waals surface area contributed by atoms with Gasteiger partial charge in [0.05, 0.1) is 17.2 Å². The van der Waals surface area contributed by atoms with Crippen molar-refractivity contribution in [3.63, 3.8) is 0 Å². The van der Waals surface area contributed by atoms with Gasteiger partial charge in [-0.15, -0.1) is 0 Å². The molecule has 1 aromatic carbocycles. The average molecular weight is 421 g/mol. The molecule has 3 rings (SSSR count). The van der Waals surface area contributed by atoms with Crippen LogP contribution in [0.4, 0.5) is 0 Å². The van der Waals surface area contributed by atoms with Crippen molar-refractivity contribution in [3.8, 4) is 11.8 Å². The van der Waals surface area contributed by atoms with Gasteiger partial charge in [0.1, 0.15) is 17.7 Å². The third-order valence-corrected chi connectivity index (χ3v) is 6.44. The number of hydrogen-bond acceptors (Lipinski definition) is 5. The molecule has 2 aromatic rings. The van der Waals surface area contributed by atoms with Crippen molar-refractivity contribution < 1.29 is 9.53 Å². The highest BCUT2D eigenvalue weighted by Crippen LogP contribution is 2.55. The van der Waals surface area contributed by atoms with Crippen LogP contribution in [0.1, 0.15) is 80.3 Å². The molecule has 1 aromatic heterocycles. The number of nitrogens with one attached hydrogen (secondary N) is 1. The van der Waals surface area contributed by atoms with Crippen molar-refractivity contribution in [2.24, 2.45) is 10.8 Å². The van der Waals surface area contributed by atoms with Crippen LogP contribution in [0.15, 0.2) is 24.5 Å². The molecule has 6 nitrogen and oxygen atoms in total.